The lowest BCUT2D eigenvalue weighted by Gasteiger charge is -2.16. The number of halogens is 3. The molecule has 0 aliphatic carbocycles. The summed E-state index contributed by atoms with van der Waals surface area (Å²) in [6.45, 7) is 1.10. The molecule has 0 fully saturated rings. The van der Waals surface area contributed by atoms with Crippen LogP contribution in [0.4, 0.5) is 24.5 Å². The van der Waals surface area contributed by atoms with Crippen LogP contribution in [0.5, 0.6) is 0 Å². The minimum absolute atomic E-state index is 0.193. The minimum atomic E-state index is -4.37. The number of nitrogens with two attached hydrogens (primary N) is 2. The highest BCUT2D eigenvalue weighted by Crippen LogP contribution is 2.30. The first-order valence-electron chi connectivity index (χ1n) is 7.86. The molecule has 2 aromatic rings. The van der Waals surface area contributed by atoms with Crippen molar-refractivity contribution in [1.29, 1.82) is 0 Å². The summed E-state index contributed by atoms with van der Waals surface area (Å²) in [4.78, 5) is 0. The lowest BCUT2D eigenvalue weighted by atomic mass is 10.1. The number of hydrazone groups is 1. The van der Waals surface area contributed by atoms with Crippen molar-refractivity contribution in [3.05, 3.63) is 59.7 Å². The molecule has 0 heterocycles. The van der Waals surface area contributed by atoms with Crippen molar-refractivity contribution < 1.29 is 13.2 Å². The molecule has 2 rings (SSSR count). The molecule has 140 valence electrons. The van der Waals surface area contributed by atoms with Gasteiger partial charge in [0, 0.05) is 23.5 Å². The van der Waals surface area contributed by atoms with E-state index in [0.717, 1.165) is 12.1 Å². The summed E-state index contributed by atoms with van der Waals surface area (Å²) in [5.74, 6) is 5.95. The van der Waals surface area contributed by atoms with Crippen molar-refractivity contribution in [2.75, 3.05) is 25.5 Å². The number of anilines is 2. The number of nitrogens with one attached hydrogen (secondary N) is 2. The van der Waals surface area contributed by atoms with Crippen LogP contribution in [0, 0.1) is 0 Å². The Morgan fingerprint density at radius 3 is 2.38 bits per heavy atom. The Morgan fingerprint density at radius 2 is 1.77 bits per heavy atom. The molecule has 2 aromatic carbocycles. The maximum atomic E-state index is 12.7. The van der Waals surface area contributed by atoms with Crippen molar-refractivity contribution in [1.82, 2.24) is 10.4 Å². The van der Waals surface area contributed by atoms with Crippen LogP contribution < -0.4 is 22.2 Å². The molecular formula is C17H21F3N6. The molecule has 0 atom stereocenters. The third-order valence-corrected chi connectivity index (χ3v) is 3.52. The van der Waals surface area contributed by atoms with Gasteiger partial charge in [-0.15, -0.1) is 5.10 Å². The normalized spacial score (nSPS) is 12.1. The van der Waals surface area contributed by atoms with E-state index in [9.17, 15) is 13.2 Å². The van der Waals surface area contributed by atoms with Crippen LogP contribution in [-0.2, 0) is 6.18 Å². The number of para-hydroxylation sites is 1. The lowest BCUT2D eigenvalue weighted by Crippen LogP contribution is -2.34. The second-order valence-electron chi connectivity index (χ2n) is 5.50. The zero-order valence-corrected chi connectivity index (χ0v) is 14.2. The Morgan fingerprint density at radius 1 is 1.12 bits per heavy atom. The van der Waals surface area contributed by atoms with E-state index in [2.05, 4.69) is 15.7 Å². The summed E-state index contributed by atoms with van der Waals surface area (Å²) < 4.78 is 38.0. The predicted molar refractivity (Wildman–Crippen MR) is 96.7 cm³/mol. The molecular weight excluding hydrogens is 345 g/mol. The van der Waals surface area contributed by atoms with E-state index in [-0.39, 0.29) is 5.84 Å². The number of likely N-dealkylation sites (N-methyl/N-ethyl adjacent to an activating group) is 1. The Labute approximate surface area is 149 Å². The fourth-order valence-corrected chi connectivity index (χ4v) is 2.18. The van der Waals surface area contributed by atoms with Gasteiger partial charge in [-0.1, -0.05) is 12.1 Å². The number of hydrazine groups is 1. The van der Waals surface area contributed by atoms with Crippen LogP contribution in [0.1, 0.15) is 11.1 Å². The van der Waals surface area contributed by atoms with Crippen LogP contribution in [0.2, 0.25) is 0 Å². The first kappa shape index (κ1) is 19.5. The Hall–Kier alpha value is -2.78. The Bertz CT molecular complexity index is 743. The zero-order valence-electron chi connectivity index (χ0n) is 14.2. The SMILES string of the molecule is CNCCN(N)/N=C(\N)c1ccccc1Nc1ccc(C(F)(F)F)cc1. The first-order chi connectivity index (χ1) is 12.3. The third-order valence-electron chi connectivity index (χ3n) is 3.52. The first-order valence-corrected chi connectivity index (χ1v) is 7.86. The van der Waals surface area contributed by atoms with Crippen molar-refractivity contribution in [2.24, 2.45) is 16.7 Å². The van der Waals surface area contributed by atoms with E-state index in [0.29, 0.717) is 30.0 Å². The van der Waals surface area contributed by atoms with Crippen LogP contribution in [-0.4, -0.2) is 31.1 Å². The van der Waals surface area contributed by atoms with Gasteiger partial charge in [0.15, 0.2) is 5.84 Å². The number of rotatable bonds is 7. The Kier molecular flexibility index (Phi) is 6.42. The highest BCUT2D eigenvalue weighted by atomic mass is 19.4. The van der Waals surface area contributed by atoms with Gasteiger partial charge >= 0.3 is 6.18 Å². The zero-order chi connectivity index (χ0) is 19.2. The number of hydrogen-bond donors (Lipinski definition) is 4. The van der Waals surface area contributed by atoms with E-state index in [1.54, 1.807) is 31.3 Å². The number of alkyl halides is 3. The molecule has 0 aromatic heterocycles. The van der Waals surface area contributed by atoms with Crippen molar-refractivity contribution in [3.8, 4) is 0 Å². The predicted octanol–water partition coefficient (Wildman–Crippen LogP) is 2.46. The summed E-state index contributed by atoms with van der Waals surface area (Å²) in [5, 5.41) is 11.3. The summed E-state index contributed by atoms with van der Waals surface area (Å²) in [6, 6.07) is 11.8. The van der Waals surface area contributed by atoms with Gasteiger partial charge in [-0.05, 0) is 43.4 Å². The van der Waals surface area contributed by atoms with Crippen LogP contribution in [0.25, 0.3) is 0 Å². The molecule has 9 heteroatoms. The third kappa shape index (κ3) is 5.36. The van der Waals surface area contributed by atoms with Crippen molar-refractivity contribution >= 4 is 17.2 Å². The van der Waals surface area contributed by atoms with Gasteiger partial charge in [0.25, 0.3) is 0 Å². The van der Waals surface area contributed by atoms with Gasteiger partial charge in [0.05, 0.1) is 12.1 Å². The molecule has 0 spiro atoms. The van der Waals surface area contributed by atoms with Gasteiger partial charge in [0.2, 0.25) is 0 Å². The van der Waals surface area contributed by atoms with Crippen LogP contribution in [0.15, 0.2) is 53.6 Å². The van der Waals surface area contributed by atoms with Crippen molar-refractivity contribution in [3.63, 3.8) is 0 Å². The van der Waals surface area contributed by atoms with E-state index >= 15 is 0 Å². The quantitative estimate of drug-likeness (QED) is 0.262. The van der Waals surface area contributed by atoms with E-state index in [4.69, 9.17) is 11.6 Å². The van der Waals surface area contributed by atoms with Gasteiger partial charge in [0.1, 0.15) is 0 Å². The monoisotopic (exact) mass is 366 g/mol. The fourth-order valence-electron chi connectivity index (χ4n) is 2.18. The highest BCUT2D eigenvalue weighted by Gasteiger charge is 2.29. The topological polar surface area (TPSA) is 91.7 Å². The molecule has 6 N–H and O–H groups in total. The standard InChI is InChI=1S/C17H21F3N6/c1-23-10-11-26(22)25-16(21)14-4-2-3-5-15(14)24-13-8-6-12(7-9-13)17(18,19)20/h2-9,23-24H,10-11,22H2,1H3,(H2,21,25). The molecule has 0 aliphatic rings. The number of benzene rings is 2. The number of nitrogens with zero attached hydrogens (tertiary/aromatic N) is 2. The maximum absolute atomic E-state index is 12.7. The smallest absolute Gasteiger partial charge is 0.382 e. The fraction of sp³-hybridized carbons (Fsp3) is 0.235. The van der Waals surface area contributed by atoms with Crippen LogP contribution in [0.3, 0.4) is 0 Å². The average Bonchev–Trinajstić information content (AvgIpc) is 2.60. The molecule has 0 amide bonds. The Balaban J connectivity index is 2.20. The molecule has 0 radical (unpaired) electrons. The summed E-state index contributed by atoms with van der Waals surface area (Å²) in [5.41, 5.74) is 7.01. The number of amidine groups is 1. The second kappa shape index (κ2) is 8.54. The van der Waals surface area contributed by atoms with Crippen LogP contribution >= 0.6 is 0 Å². The minimum Gasteiger partial charge on any atom is -0.382 e. The molecule has 0 aliphatic heterocycles. The maximum Gasteiger partial charge on any atom is 0.416 e. The summed E-state index contributed by atoms with van der Waals surface area (Å²) >= 11 is 0. The highest BCUT2D eigenvalue weighted by molar-refractivity contribution is 6.02. The molecule has 6 nitrogen and oxygen atoms in total. The lowest BCUT2D eigenvalue weighted by molar-refractivity contribution is -0.137. The van der Waals surface area contributed by atoms with E-state index < -0.39 is 11.7 Å². The summed E-state index contributed by atoms with van der Waals surface area (Å²) in [6.07, 6.45) is -4.37. The van der Waals surface area contributed by atoms with Gasteiger partial charge in [-0.25, -0.2) is 11.0 Å². The van der Waals surface area contributed by atoms with E-state index in [1.165, 1.54) is 17.3 Å². The number of hydrogen-bond acceptors (Lipinski definition) is 5. The average molecular weight is 366 g/mol. The van der Waals surface area contributed by atoms with Gasteiger partial charge in [-0.3, -0.25) is 0 Å². The summed E-state index contributed by atoms with van der Waals surface area (Å²) in [7, 11) is 1.80. The molecule has 0 saturated carbocycles. The molecule has 0 unspecified atom stereocenters. The molecule has 0 bridgehead atoms. The molecule has 26 heavy (non-hydrogen) atoms. The second-order valence-corrected chi connectivity index (χ2v) is 5.50. The van der Waals surface area contributed by atoms with Gasteiger partial charge in [-0.2, -0.15) is 13.2 Å². The largest absolute Gasteiger partial charge is 0.416 e. The molecule has 0 saturated heterocycles. The van der Waals surface area contributed by atoms with Crippen molar-refractivity contribution in [2.45, 2.75) is 6.18 Å². The van der Waals surface area contributed by atoms with Gasteiger partial charge < -0.3 is 16.4 Å². The van der Waals surface area contributed by atoms with E-state index in [1.807, 2.05) is 0 Å².